The van der Waals surface area contributed by atoms with Crippen LogP contribution in [0.4, 0.5) is 5.69 Å². The molecule has 1 aromatic carbocycles. The number of methoxy groups -OCH3 is 1. The number of anilines is 1. The summed E-state index contributed by atoms with van der Waals surface area (Å²) in [5.41, 5.74) is 1.14. The van der Waals surface area contributed by atoms with Gasteiger partial charge in [-0.3, -0.25) is 4.98 Å². The second-order valence-corrected chi connectivity index (χ2v) is 7.95. The number of hydrogen-bond donors (Lipinski definition) is 1. The number of aromatic nitrogens is 1. The molecule has 1 aliphatic rings. The predicted molar refractivity (Wildman–Crippen MR) is 97.4 cm³/mol. The van der Waals surface area contributed by atoms with Gasteiger partial charge in [0.1, 0.15) is 5.75 Å². The monoisotopic (exact) mass is 361 g/mol. The Labute approximate surface area is 148 Å². The fourth-order valence-corrected chi connectivity index (χ4v) is 4.20. The summed E-state index contributed by atoms with van der Waals surface area (Å²) in [6.45, 7) is 2.27. The van der Waals surface area contributed by atoms with E-state index in [0.29, 0.717) is 12.3 Å². The third-order valence-electron chi connectivity index (χ3n) is 4.48. The first-order chi connectivity index (χ1) is 12.1. The molecule has 1 aromatic heterocycles. The van der Waals surface area contributed by atoms with Gasteiger partial charge in [0.2, 0.25) is 10.0 Å². The molecule has 0 spiro atoms. The predicted octanol–water partition coefficient (Wildman–Crippen LogP) is 2.29. The third kappa shape index (κ3) is 4.49. The van der Waals surface area contributed by atoms with Crippen LogP contribution in [0.3, 0.4) is 0 Å². The van der Waals surface area contributed by atoms with Crippen molar-refractivity contribution in [1.82, 2.24) is 9.71 Å². The Bertz CT molecular complexity index is 779. The van der Waals surface area contributed by atoms with Gasteiger partial charge in [0.15, 0.2) is 0 Å². The number of ether oxygens (including phenoxy) is 1. The lowest BCUT2D eigenvalue weighted by Crippen LogP contribution is -2.41. The largest absolute Gasteiger partial charge is 0.497 e. The number of sulfonamides is 1. The van der Waals surface area contributed by atoms with Crippen molar-refractivity contribution in [1.29, 1.82) is 0 Å². The molecule has 1 saturated heterocycles. The van der Waals surface area contributed by atoms with E-state index >= 15 is 0 Å². The normalized spacial score (nSPS) is 18.1. The molecule has 25 heavy (non-hydrogen) atoms. The van der Waals surface area contributed by atoms with Gasteiger partial charge in [0.25, 0.3) is 0 Å². The fraction of sp³-hybridized carbons (Fsp3) is 0.389. The Morgan fingerprint density at radius 1 is 1.20 bits per heavy atom. The van der Waals surface area contributed by atoms with Crippen molar-refractivity contribution in [3.05, 3.63) is 48.8 Å². The topological polar surface area (TPSA) is 71.5 Å². The zero-order chi connectivity index (χ0) is 17.7. The van der Waals surface area contributed by atoms with Gasteiger partial charge >= 0.3 is 0 Å². The maximum Gasteiger partial charge on any atom is 0.240 e. The Morgan fingerprint density at radius 2 is 1.92 bits per heavy atom. The van der Waals surface area contributed by atoms with Gasteiger partial charge in [-0.05, 0) is 55.2 Å². The van der Waals surface area contributed by atoms with Gasteiger partial charge in [-0.15, -0.1) is 0 Å². The molecular weight excluding hydrogens is 338 g/mol. The molecule has 0 radical (unpaired) electrons. The van der Waals surface area contributed by atoms with Crippen molar-refractivity contribution >= 4 is 15.7 Å². The van der Waals surface area contributed by atoms with Crippen LogP contribution >= 0.6 is 0 Å². The van der Waals surface area contributed by atoms with Gasteiger partial charge in [0.05, 0.1) is 12.0 Å². The minimum Gasteiger partial charge on any atom is -0.497 e. The Kier molecular flexibility index (Phi) is 5.55. The van der Waals surface area contributed by atoms with Crippen LogP contribution in [0.1, 0.15) is 12.8 Å². The maximum absolute atomic E-state index is 12.5. The molecule has 7 heteroatoms. The number of pyridine rings is 1. The van der Waals surface area contributed by atoms with Crippen molar-refractivity contribution in [2.24, 2.45) is 5.92 Å². The summed E-state index contributed by atoms with van der Waals surface area (Å²) in [4.78, 5) is 6.60. The zero-order valence-corrected chi connectivity index (χ0v) is 15.1. The molecule has 0 unspecified atom stereocenters. The summed E-state index contributed by atoms with van der Waals surface area (Å²) in [7, 11) is -1.95. The van der Waals surface area contributed by atoms with Gasteiger partial charge < -0.3 is 9.64 Å². The molecule has 3 rings (SSSR count). The number of benzene rings is 1. The molecule has 2 aromatic rings. The van der Waals surface area contributed by atoms with Crippen LogP contribution in [0.5, 0.6) is 5.75 Å². The summed E-state index contributed by atoms with van der Waals surface area (Å²) in [5.74, 6) is 0.925. The summed E-state index contributed by atoms with van der Waals surface area (Å²) in [6, 6.07) is 10.4. The Morgan fingerprint density at radius 3 is 2.60 bits per heavy atom. The average Bonchev–Trinajstić information content (AvgIpc) is 2.67. The first kappa shape index (κ1) is 17.7. The van der Waals surface area contributed by atoms with E-state index in [1.165, 1.54) is 0 Å². The van der Waals surface area contributed by atoms with Crippen LogP contribution in [0, 0.1) is 5.92 Å². The number of nitrogens with one attached hydrogen (secondary N) is 1. The first-order valence-corrected chi connectivity index (χ1v) is 9.85. The number of hydrogen-bond acceptors (Lipinski definition) is 5. The second-order valence-electron chi connectivity index (χ2n) is 6.19. The second kappa shape index (κ2) is 7.84. The quantitative estimate of drug-likeness (QED) is 0.855. The van der Waals surface area contributed by atoms with Gasteiger partial charge in [-0.2, -0.15) is 0 Å². The minimum atomic E-state index is -3.50. The van der Waals surface area contributed by atoms with E-state index in [9.17, 15) is 8.42 Å². The van der Waals surface area contributed by atoms with Crippen LogP contribution < -0.4 is 14.4 Å². The van der Waals surface area contributed by atoms with E-state index in [1.807, 2.05) is 12.1 Å². The van der Waals surface area contributed by atoms with Crippen molar-refractivity contribution in [2.45, 2.75) is 17.7 Å². The summed E-state index contributed by atoms with van der Waals surface area (Å²) in [5, 5.41) is 0. The summed E-state index contributed by atoms with van der Waals surface area (Å²) >= 11 is 0. The average molecular weight is 361 g/mol. The smallest absolute Gasteiger partial charge is 0.240 e. The molecule has 0 bridgehead atoms. The SMILES string of the molecule is COc1ccc(S(=O)(=O)NC[C@@H]2CCCN(c3ccncc3)C2)cc1. The van der Waals surface area contributed by atoms with Crippen molar-refractivity contribution in [2.75, 3.05) is 31.6 Å². The molecule has 1 fully saturated rings. The van der Waals surface area contributed by atoms with Crippen LogP contribution in [-0.2, 0) is 10.0 Å². The highest BCUT2D eigenvalue weighted by atomic mass is 32.2. The number of rotatable bonds is 6. The lowest BCUT2D eigenvalue weighted by molar-refractivity contribution is 0.410. The molecule has 134 valence electrons. The number of piperidine rings is 1. The van der Waals surface area contributed by atoms with Crippen LogP contribution in [0.2, 0.25) is 0 Å². The summed E-state index contributed by atoms with van der Waals surface area (Å²) in [6.07, 6.45) is 5.64. The molecule has 1 aliphatic heterocycles. The highest BCUT2D eigenvalue weighted by molar-refractivity contribution is 7.89. The van der Waals surface area contributed by atoms with E-state index in [4.69, 9.17) is 4.74 Å². The lowest BCUT2D eigenvalue weighted by atomic mass is 9.98. The Balaban J connectivity index is 1.60. The molecule has 0 aliphatic carbocycles. The maximum atomic E-state index is 12.5. The van der Waals surface area contributed by atoms with Crippen molar-refractivity contribution in [3.63, 3.8) is 0 Å². The molecule has 0 amide bonds. The van der Waals surface area contributed by atoms with Gasteiger partial charge in [0, 0.05) is 37.7 Å². The van der Waals surface area contributed by atoms with Gasteiger partial charge in [-0.1, -0.05) is 0 Å². The fourth-order valence-electron chi connectivity index (χ4n) is 3.09. The minimum absolute atomic E-state index is 0.259. The molecule has 1 N–H and O–H groups in total. The molecule has 0 saturated carbocycles. The van der Waals surface area contributed by atoms with Crippen LogP contribution in [0.25, 0.3) is 0 Å². The number of nitrogens with zero attached hydrogens (tertiary/aromatic N) is 2. The lowest BCUT2D eigenvalue weighted by Gasteiger charge is -2.34. The molecular formula is C18H23N3O3S. The standard InChI is InChI=1S/C18H23N3O3S/c1-24-17-4-6-18(7-5-17)25(22,23)20-13-15-3-2-12-21(14-15)16-8-10-19-11-9-16/h4-11,15,20H,2-3,12-14H2,1H3/t15-/m0/s1. The van der Waals surface area contributed by atoms with Crippen LogP contribution in [-0.4, -0.2) is 40.1 Å². The molecule has 6 nitrogen and oxygen atoms in total. The highest BCUT2D eigenvalue weighted by Crippen LogP contribution is 2.23. The van der Waals surface area contributed by atoms with E-state index in [1.54, 1.807) is 43.8 Å². The van der Waals surface area contributed by atoms with Gasteiger partial charge in [-0.25, -0.2) is 13.1 Å². The molecule has 1 atom stereocenters. The first-order valence-electron chi connectivity index (χ1n) is 8.37. The van der Waals surface area contributed by atoms with Crippen molar-refractivity contribution < 1.29 is 13.2 Å². The van der Waals surface area contributed by atoms with E-state index in [-0.39, 0.29) is 10.8 Å². The summed E-state index contributed by atoms with van der Waals surface area (Å²) < 4.78 is 32.7. The Hall–Kier alpha value is -2.12. The zero-order valence-electron chi connectivity index (χ0n) is 14.3. The molecule has 2 heterocycles. The van der Waals surface area contributed by atoms with E-state index < -0.39 is 10.0 Å². The third-order valence-corrected chi connectivity index (χ3v) is 5.92. The highest BCUT2D eigenvalue weighted by Gasteiger charge is 2.22. The van der Waals surface area contributed by atoms with E-state index in [2.05, 4.69) is 14.6 Å². The van der Waals surface area contributed by atoms with E-state index in [0.717, 1.165) is 31.6 Å². The van der Waals surface area contributed by atoms with Crippen LogP contribution in [0.15, 0.2) is 53.7 Å². The van der Waals surface area contributed by atoms with Crippen molar-refractivity contribution in [3.8, 4) is 5.75 Å².